The van der Waals surface area contributed by atoms with Crippen molar-refractivity contribution < 1.29 is 32.3 Å². The van der Waals surface area contributed by atoms with Gasteiger partial charge in [0.1, 0.15) is 0 Å². The Morgan fingerprint density at radius 1 is 1.14 bits per heavy atom. The molecule has 1 aliphatic heterocycles. The largest absolute Gasteiger partial charge is 0.483 e. The number of hydrogen-bond donors (Lipinski definition) is 2. The van der Waals surface area contributed by atoms with Crippen LogP contribution in [0.3, 0.4) is 0 Å². The van der Waals surface area contributed by atoms with Crippen molar-refractivity contribution in [3.63, 3.8) is 0 Å². The average Bonchev–Trinajstić information content (AvgIpc) is 1.95. The Morgan fingerprint density at radius 3 is 2.07 bits per heavy atom. The van der Waals surface area contributed by atoms with Gasteiger partial charge in [0.15, 0.2) is 0 Å². The van der Waals surface area contributed by atoms with Crippen LogP contribution in [0.25, 0.3) is 0 Å². The van der Waals surface area contributed by atoms with Crippen molar-refractivity contribution in [2.45, 2.75) is 19.3 Å². The van der Waals surface area contributed by atoms with Crippen molar-refractivity contribution >= 4 is 15.6 Å². The lowest BCUT2D eigenvalue weighted by molar-refractivity contribution is 0.124. The van der Waals surface area contributed by atoms with E-state index in [4.69, 9.17) is 9.79 Å². The highest BCUT2D eigenvalue weighted by atomic mass is 31.3. The first-order valence-corrected chi connectivity index (χ1v) is 7.06. The minimum Gasteiger partial charge on any atom is -0.302 e. The van der Waals surface area contributed by atoms with Crippen molar-refractivity contribution in [2.75, 3.05) is 13.2 Å². The topological polar surface area (TPSA) is 102 Å². The number of phosphoric ester groups is 1. The molecular weight excluding hydrogens is 234 g/mol. The molecule has 1 aliphatic rings. The lowest BCUT2D eigenvalue weighted by Crippen LogP contribution is -2.05. The van der Waals surface area contributed by atoms with Gasteiger partial charge in [0.05, 0.1) is 13.2 Å². The first-order valence-electron chi connectivity index (χ1n) is 4.07. The Labute approximate surface area is 81.2 Å². The van der Waals surface area contributed by atoms with E-state index < -0.39 is 15.6 Å². The Balaban J connectivity index is 2.60. The molecule has 0 saturated carbocycles. The van der Waals surface area contributed by atoms with Gasteiger partial charge in [-0.05, 0) is 19.3 Å². The molecule has 0 unspecified atom stereocenters. The molecule has 0 radical (unpaired) electrons. The summed E-state index contributed by atoms with van der Waals surface area (Å²) in [7, 11) is -8.92. The third-order valence-corrected chi connectivity index (χ3v) is 4.14. The van der Waals surface area contributed by atoms with Crippen molar-refractivity contribution in [3.05, 3.63) is 0 Å². The second kappa shape index (κ2) is 4.86. The standard InChI is InChI=1S/C5H12O7P2/c6-13(7,8)12-14(9)10-4-2-1-3-5-11-14/h1-5H2,(H2,6,7,8). The van der Waals surface area contributed by atoms with Gasteiger partial charge < -0.3 is 9.79 Å². The Morgan fingerprint density at radius 2 is 1.64 bits per heavy atom. The van der Waals surface area contributed by atoms with Crippen LogP contribution in [0.15, 0.2) is 0 Å². The molecular formula is C5H12O7P2. The maximum atomic E-state index is 11.5. The van der Waals surface area contributed by atoms with E-state index in [9.17, 15) is 9.13 Å². The van der Waals surface area contributed by atoms with Crippen LogP contribution in [-0.2, 0) is 22.5 Å². The molecule has 1 rings (SSSR count). The van der Waals surface area contributed by atoms with Crippen LogP contribution in [-0.4, -0.2) is 23.0 Å². The third-order valence-electron chi connectivity index (χ3n) is 1.49. The van der Waals surface area contributed by atoms with Crippen LogP contribution < -0.4 is 0 Å². The van der Waals surface area contributed by atoms with E-state index in [-0.39, 0.29) is 13.2 Å². The van der Waals surface area contributed by atoms with E-state index in [1.165, 1.54) is 0 Å². The summed E-state index contributed by atoms with van der Waals surface area (Å²) in [5, 5.41) is 0. The molecule has 1 saturated heterocycles. The fourth-order valence-corrected chi connectivity index (χ4v) is 3.15. The zero-order valence-corrected chi connectivity index (χ0v) is 9.15. The number of phosphoric acid groups is 2. The molecule has 9 heteroatoms. The zero-order valence-electron chi connectivity index (χ0n) is 7.37. The number of hydrogen-bond acceptors (Lipinski definition) is 5. The Bertz CT molecular complexity index is 259. The van der Waals surface area contributed by atoms with Crippen molar-refractivity contribution in [2.24, 2.45) is 0 Å². The van der Waals surface area contributed by atoms with E-state index in [1.54, 1.807) is 0 Å². The van der Waals surface area contributed by atoms with E-state index >= 15 is 0 Å². The second-order valence-electron chi connectivity index (χ2n) is 2.75. The summed E-state index contributed by atoms with van der Waals surface area (Å²) in [4.78, 5) is 16.9. The van der Waals surface area contributed by atoms with E-state index in [0.29, 0.717) is 12.8 Å². The highest BCUT2D eigenvalue weighted by Crippen LogP contribution is 2.61. The van der Waals surface area contributed by atoms with Gasteiger partial charge in [-0.1, -0.05) is 0 Å². The predicted octanol–water partition coefficient (Wildman–Crippen LogP) is 1.42. The average molecular weight is 246 g/mol. The molecule has 0 aromatic heterocycles. The molecule has 14 heavy (non-hydrogen) atoms. The van der Waals surface area contributed by atoms with Gasteiger partial charge in [0, 0.05) is 0 Å². The summed E-state index contributed by atoms with van der Waals surface area (Å²) in [6.45, 7) is 0.217. The summed E-state index contributed by atoms with van der Waals surface area (Å²) in [6, 6.07) is 0. The fourth-order valence-electron chi connectivity index (χ4n) is 0.948. The summed E-state index contributed by atoms with van der Waals surface area (Å²) < 4.78 is 35.2. The highest BCUT2D eigenvalue weighted by molar-refractivity contribution is 7.61. The molecule has 1 fully saturated rings. The first kappa shape index (κ1) is 12.3. The Kier molecular flexibility index (Phi) is 4.28. The van der Waals surface area contributed by atoms with Gasteiger partial charge in [0.2, 0.25) is 0 Å². The van der Waals surface area contributed by atoms with Gasteiger partial charge in [-0.3, -0.25) is 9.05 Å². The van der Waals surface area contributed by atoms with E-state index in [2.05, 4.69) is 13.4 Å². The molecule has 0 atom stereocenters. The molecule has 7 nitrogen and oxygen atoms in total. The van der Waals surface area contributed by atoms with Crippen LogP contribution >= 0.6 is 15.6 Å². The van der Waals surface area contributed by atoms with Crippen LogP contribution in [0.1, 0.15) is 19.3 Å². The minimum absolute atomic E-state index is 0.108. The molecule has 0 aromatic carbocycles. The first-order chi connectivity index (χ1) is 6.41. The maximum absolute atomic E-state index is 11.5. The van der Waals surface area contributed by atoms with Crippen molar-refractivity contribution in [1.82, 2.24) is 0 Å². The van der Waals surface area contributed by atoms with Gasteiger partial charge in [-0.2, -0.15) is 4.31 Å². The smallest absolute Gasteiger partial charge is 0.302 e. The van der Waals surface area contributed by atoms with Crippen LogP contribution in [0.4, 0.5) is 0 Å². The monoisotopic (exact) mass is 246 g/mol. The van der Waals surface area contributed by atoms with Crippen LogP contribution in [0.5, 0.6) is 0 Å². The molecule has 1 heterocycles. The normalized spacial score (nSPS) is 23.9. The maximum Gasteiger partial charge on any atom is 0.483 e. The minimum atomic E-state index is -4.85. The highest BCUT2D eigenvalue weighted by Gasteiger charge is 2.36. The van der Waals surface area contributed by atoms with Gasteiger partial charge in [-0.25, -0.2) is 9.13 Å². The van der Waals surface area contributed by atoms with E-state index in [1.807, 2.05) is 0 Å². The van der Waals surface area contributed by atoms with Crippen LogP contribution in [0.2, 0.25) is 0 Å². The van der Waals surface area contributed by atoms with Gasteiger partial charge >= 0.3 is 15.6 Å². The summed E-state index contributed by atoms with van der Waals surface area (Å²) in [6.07, 6.45) is 2.19. The zero-order chi connectivity index (χ0) is 10.7. The summed E-state index contributed by atoms with van der Waals surface area (Å²) in [5.74, 6) is 0. The molecule has 0 bridgehead atoms. The summed E-state index contributed by atoms with van der Waals surface area (Å²) >= 11 is 0. The predicted molar refractivity (Wildman–Crippen MR) is 46.5 cm³/mol. The lowest BCUT2D eigenvalue weighted by Gasteiger charge is -2.19. The quantitative estimate of drug-likeness (QED) is 0.710. The number of rotatable bonds is 2. The second-order valence-corrected chi connectivity index (χ2v) is 5.79. The lowest BCUT2D eigenvalue weighted by atomic mass is 10.2. The van der Waals surface area contributed by atoms with Crippen molar-refractivity contribution in [3.8, 4) is 0 Å². The molecule has 0 aromatic rings. The SMILES string of the molecule is O=P(O)(O)OP1(=O)OCCCCCO1. The van der Waals surface area contributed by atoms with Gasteiger partial charge in [0.25, 0.3) is 0 Å². The van der Waals surface area contributed by atoms with Gasteiger partial charge in [-0.15, -0.1) is 0 Å². The van der Waals surface area contributed by atoms with E-state index in [0.717, 1.165) is 6.42 Å². The molecule has 2 N–H and O–H groups in total. The molecule has 0 amide bonds. The molecule has 0 spiro atoms. The van der Waals surface area contributed by atoms with Crippen molar-refractivity contribution in [1.29, 1.82) is 0 Å². The van der Waals surface area contributed by atoms with Crippen LogP contribution in [0, 0.1) is 0 Å². The fraction of sp³-hybridized carbons (Fsp3) is 1.00. The Hall–Kier alpha value is 0.260. The molecule has 84 valence electrons. The third kappa shape index (κ3) is 4.66. The molecule has 0 aliphatic carbocycles. The summed E-state index contributed by atoms with van der Waals surface area (Å²) in [5.41, 5.74) is 0.